The van der Waals surface area contributed by atoms with Crippen LogP contribution >= 0.6 is 0 Å². The van der Waals surface area contributed by atoms with E-state index in [1.54, 1.807) is 0 Å². The molecular weight excluding hydrogens is 425 g/mol. The Hall–Kier alpha value is -2.82. The highest BCUT2D eigenvalue weighted by Crippen LogP contribution is 2.47. The van der Waals surface area contributed by atoms with Crippen molar-refractivity contribution in [2.75, 3.05) is 0 Å². The summed E-state index contributed by atoms with van der Waals surface area (Å²) in [6.45, 7) is 0. The number of hydrogen-bond donors (Lipinski definition) is 1. The number of fused-ring (bicyclic) bond motifs is 1. The highest BCUT2D eigenvalue weighted by Gasteiger charge is 2.65. The van der Waals surface area contributed by atoms with Gasteiger partial charge in [0, 0.05) is 12.0 Å². The zero-order chi connectivity index (χ0) is 22.3. The summed E-state index contributed by atoms with van der Waals surface area (Å²) in [5, 5.41) is 10.1. The van der Waals surface area contributed by atoms with Crippen LogP contribution in [0.25, 0.3) is 0 Å². The highest BCUT2D eigenvalue weighted by molar-refractivity contribution is 5.96. The van der Waals surface area contributed by atoms with Crippen molar-refractivity contribution >= 4 is 5.78 Å². The first-order valence-corrected chi connectivity index (χ1v) is 8.47. The summed E-state index contributed by atoms with van der Waals surface area (Å²) >= 11 is 0. The Morgan fingerprint density at radius 3 is 2.20 bits per heavy atom. The molecule has 11 heteroatoms. The zero-order valence-electron chi connectivity index (χ0n) is 14.9. The molecular formula is C19H13F7O4. The van der Waals surface area contributed by atoms with E-state index < -0.39 is 65.7 Å². The van der Waals surface area contributed by atoms with Crippen molar-refractivity contribution < 1.29 is 50.1 Å². The van der Waals surface area contributed by atoms with Gasteiger partial charge in [-0.05, 0) is 36.2 Å². The maximum Gasteiger partial charge on any atom is 0.507 e. The highest BCUT2D eigenvalue weighted by atomic mass is 19.4. The van der Waals surface area contributed by atoms with E-state index in [4.69, 9.17) is 0 Å². The first kappa shape index (κ1) is 21.9. The lowest BCUT2D eigenvalue weighted by molar-refractivity contribution is -0.391. The quantitative estimate of drug-likeness (QED) is 0.505. The fraction of sp³-hybridized carbons (Fsp3) is 0.316. The molecule has 30 heavy (non-hydrogen) atoms. The average molecular weight is 438 g/mol. The van der Waals surface area contributed by atoms with E-state index in [2.05, 4.69) is 9.47 Å². The second-order valence-corrected chi connectivity index (χ2v) is 6.46. The van der Waals surface area contributed by atoms with E-state index >= 15 is 0 Å². The molecule has 1 atom stereocenters. The summed E-state index contributed by atoms with van der Waals surface area (Å²) in [6, 6.07) is 6.92. The molecule has 3 rings (SSSR count). The van der Waals surface area contributed by atoms with Gasteiger partial charge in [0.05, 0.1) is 11.7 Å². The van der Waals surface area contributed by atoms with Crippen LogP contribution < -0.4 is 9.47 Å². The molecule has 1 heterocycles. The van der Waals surface area contributed by atoms with E-state index in [0.29, 0.717) is 0 Å². The number of carbonyl (C=O) groups excluding carboxylic acids is 1. The van der Waals surface area contributed by atoms with E-state index in [1.165, 1.54) is 6.07 Å². The number of ether oxygens (including phenoxy) is 2. The molecule has 0 aromatic heterocycles. The van der Waals surface area contributed by atoms with Crippen LogP contribution in [0.3, 0.4) is 0 Å². The summed E-state index contributed by atoms with van der Waals surface area (Å²) in [5.41, 5.74) is -1.69. The molecule has 0 bridgehead atoms. The van der Waals surface area contributed by atoms with Gasteiger partial charge in [0.1, 0.15) is 0 Å². The Bertz CT molecular complexity index is 956. The van der Waals surface area contributed by atoms with Crippen molar-refractivity contribution in [1.29, 1.82) is 0 Å². The standard InChI is InChI=1S/C19H13F7O4/c20-17(21,22)12-4-2-1-3-11(12)14(28)7-6-13(27)10-5-8-15-16(9-10)30-19(25,26)18(23,24)29-15/h1-5,8-9,14,28H,6-7H2. The largest absolute Gasteiger partial charge is 0.507 e. The Morgan fingerprint density at radius 2 is 1.57 bits per heavy atom. The second kappa shape index (κ2) is 7.46. The Labute approximate surface area is 164 Å². The van der Waals surface area contributed by atoms with Crippen LogP contribution in [0, 0.1) is 0 Å². The minimum absolute atomic E-state index is 0.227. The Morgan fingerprint density at radius 1 is 0.967 bits per heavy atom. The minimum atomic E-state index is -4.96. The molecule has 2 aromatic carbocycles. The summed E-state index contributed by atoms with van der Waals surface area (Å²) in [5.74, 6) is -2.23. The molecule has 1 N–H and O–H groups in total. The molecule has 1 aliphatic rings. The van der Waals surface area contributed by atoms with Gasteiger partial charge >= 0.3 is 18.4 Å². The van der Waals surface area contributed by atoms with Gasteiger partial charge in [0.2, 0.25) is 0 Å². The summed E-state index contributed by atoms with van der Waals surface area (Å²) < 4.78 is 99.7. The maximum absolute atomic E-state index is 13.3. The molecule has 0 aliphatic carbocycles. The molecule has 0 radical (unpaired) electrons. The fourth-order valence-corrected chi connectivity index (χ4v) is 2.85. The van der Waals surface area contributed by atoms with E-state index in [-0.39, 0.29) is 5.56 Å². The molecule has 2 aromatic rings. The number of rotatable bonds is 5. The number of carbonyl (C=O) groups is 1. The fourth-order valence-electron chi connectivity index (χ4n) is 2.85. The third kappa shape index (κ3) is 4.20. The van der Waals surface area contributed by atoms with Crippen LogP contribution in [0.4, 0.5) is 30.7 Å². The Kier molecular flexibility index (Phi) is 5.44. The van der Waals surface area contributed by atoms with Crippen LogP contribution in [0.5, 0.6) is 11.5 Å². The van der Waals surface area contributed by atoms with Gasteiger partial charge in [-0.25, -0.2) is 0 Å². The first-order valence-electron chi connectivity index (χ1n) is 8.47. The summed E-state index contributed by atoms with van der Waals surface area (Å²) in [7, 11) is 0. The molecule has 1 aliphatic heterocycles. The number of ketones is 1. The van der Waals surface area contributed by atoms with Crippen LogP contribution in [0.1, 0.15) is 40.4 Å². The number of hydrogen-bond acceptors (Lipinski definition) is 4. The summed E-state index contributed by atoms with van der Waals surface area (Å²) in [4.78, 5) is 12.3. The number of aliphatic hydroxyl groups is 1. The second-order valence-electron chi connectivity index (χ2n) is 6.46. The molecule has 162 valence electrons. The van der Waals surface area contributed by atoms with Crippen molar-refractivity contribution in [3.8, 4) is 11.5 Å². The van der Waals surface area contributed by atoms with Crippen molar-refractivity contribution in [3.63, 3.8) is 0 Å². The van der Waals surface area contributed by atoms with Crippen LogP contribution in [-0.2, 0) is 6.18 Å². The van der Waals surface area contributed by atoms with Gasteiger partial charge in [0.25, 0.3) is 0 Å². The predicted molar refractivity (Wildman–Crippen MR) is 87.6 cm³/mol. The van der Waals surface area contributed by atoms with Gasteiger partial charge in [-0.3, -0.25) is 4.79 Å². The smallest absolute Gasteiger partial charge is 0.421 e. The molecule has 0 saturated carbocycles. The zero-order valence-corrected chi connectivity index (χ0v) is 14.9. The van der Waals surface area contributed by atoms with Crippen molar-refractivity contribution in [3.05, 3.63) is 59.2 Å². The van der Waals surface area contributed by atoms with Gasteiger partial charge in [-0.1, -0.05) is 18.2 Å². The van der Waals surface area contributed by atoms with E-state index in [1.807, 2.05) is 0 Å². The molecule has 0 amide bonds. The molecule has 0 spiro atoms. The molecule has 0 saturated heterocycles. The molecule has 0 fully saturated rings. The average Bonchev–Trinajstić information content (AvgIpc) is 2.65. The van der Waals surface area contributed by atoms with Gasteiger partial charge in [-0.2, -0.15) is 30.7 Å². The lowest BCUT2D eigenvalue weighted by atomic mass is 9.96. The SMILES string of the molecule is O=C(CCC(O)c1ccccc1C(F)(F)F)c1ccc2c(c1)OC(F)(F)C(F)(F)O2. The lowest BCUT2D eigenvalue weighted by Gasteiger charge is -2.31. The lowest BCUT2D eigenvalue weighted by Crippen LogP contribution is -2.52. The van der Waals surface area contributed by atoms with Crippen molar-refractivity contribution in [2.45, 2.75) is 37.3 Å². The van der Waals surface area contributed by atoms with Gasteiger partial charge < -0.3 is 14.6 Å². The molecule has 4 nitrogen and oxygen atoms in total. The van der Waals surface area contributed by atoms with Crippen LogP contribution in [-0.4, -0.2) is 23.1 Å². The van der Waals surface area contributed by atoms with E-state index in [9.17, 15) is 40.6 Å². The normalized spacial score (nSPS) is 18.0. The van der Waals surface area contributed by atoms with E-state index in [0.717, 1.165) is 36.4 Å². The number of alkyl halides is 7. The maximum atomic E-state index is 13.3. The predicted octanol–water partition coefficient (Wildman–Crippen LogP) is 5.36. The Balaban J connectivity index is 1.73. The topological polar surface area (TPSA) is 55.8 Å². The monoisotopic (exact) mass is 438 g/mol. The van der Waals surface area contributed by atoms with Crippen LogP contribution in [0.15, 0.2) is 42.5 Å². The number of benzene rings is 2. The first-order chi connectivity index (χ1) is 13.8. The summed E-state index contributed by atoms with van der Waals surface area (Å²) in [6.07, 6.45) is -17.0. The third-order valence-electron chi connectivity index (χ3n) is 4.35. The third-order valence-corrected chi connectivity index (χ3v) is 4.35. The molecule has 1 unspecified atom stereocenters. The number of aliphatic hydroxyl groups excluding tert-OH is 1. The number of Topliss-reactive ketones (excluding diaryl/α,β-unsaturated/α-hetero) is 1. The van der Waals surface area contributed by atoms with Gasteiger partial charge in [-0.15, -0.1) is 0 Å². The minimum Gasteiger partial charge on any atom is -0.421 e. The van der Waals surface area contributed by atoms with Crippen molar-refractivity contribution in [2.24, 2.45) is 0 Å². The number of halogens is 7. The van der Waals surface area contributed by atoms with Crippen LogP contribution in [0.2, 0.25) is 0 Å². The van der Waals surface area contributed by atoms with Crippen molar-refractivity contribution in [1.82, 2.24) is 0 Å². The van der Waals surface area contributed by atoms with Gasteiger partial charge in [0.15, 0.2) is 17.3 Å².